The van der Waals surface area contributed by atoms with Crippen molar-refractivity contribution in [3.8, 4) is 46.0 Å². The molecule has 0 saturated carbocycles. The largest absolute Gasteiger partial charge is 0.504 e. The molecule has 0 amide bonds. The van der Waals surface area contributed by atoms with Crippen LogP contribution in [0.15, 0.2) is 97.1 Å². The molecule has 2 unspecified atom stereocenters. The van der Waals surface area contributed by atoms with E-state index in [0.29, 0.717) is 24.3 Å². The maximum atomic E-state index is 14.5. The summed E-state index contributed by atoms with van der Waals surface area (Å²) in [5.41, 5.74) is -21.8. The number of rotatable bonds is 17. The lowest BCUT2D eigenvalue weighted by Crippen LogP contribution is -2.86. The van der Waals surface area contributed by atoms with Crippen molar-refractivity contribution in [1.82, 2.24) is 0 Å². The first-order chi connectivity index (χ1) is 28.9. The van der Waals surface area contributed by atoms with Crippen molar-refractivity contribution in [2.24, 2.45) is 0 Å². The number of aromatic hydroxyl groups is 8. The normalized spacial score (nSPS) is 15.7. The Hall–Kier alpha value is -8.30. The number of phenolic OH excluding ortho intramolecular Hbond substituents is 8. The number of hydrogen-bond donors (Lipinski definition) is 14. The molecule has 0 aliphatic heterocycles. The van der Waals surface area contributed by atoms with E-state index in [9.17, 15) is 100 Å². The summed E-state index contributed by atoms with van der Waals surface area (Å²) in [6, 6.07) is 10.4. The minimum absolute atomic E-state index is 0.0243. The molecule has 0 aromatic heterocycles. The van der Waals surface area contributed by atoms with Gasteiger partial charge in [0.1, 0.15) is 0 Å². The average Bonchev–Trinajstić information content (AvgIpc) is 3.23. The molecule has 322 valence electrons. The monoisotopic (exact) mass is 858 g/mol. The minimum atomic E-state index is -5.29. The maximum absolute atomic E-state index is 14.5. The van der Waals surface area contributed by atoms with Crippen LogP contribution in [0.5, 0.6) is 46.0 Å². The molecule has 4 rings (SSSR count). The second kappa shape index (κ2) is 17.5. The van der Waals surface area contributed by atoms with Crippen LogP contribution in [0.25, 0.3) is 24.3 Å². The molecular formula is C42H34O20. The zero-order chi connectivity index (χ0) is 46.5. The van der Waals surface area contributed by atoms with Gasteiger partial charge in [0.2, 0.25) is 22.8 Å². The quantitative estimate of drug-likeness (QED) is 0.0397. The van der Waals surface area contributed by atoms with Crippen molar-refractivity contribution in [3.63, 3.8) is 0 Å². The maximum Gasteiger partial charge on any atom is 0.347 e. The molecule has 0 radical (unpaired) electrons. The van der Waals surface area contributed by atoms with Gasteiger partial charge >= 0.3 is 11.9 Å². The van der Waals surface area contributed by atoms with E-state index in [4.69, 9.17) is 0 Å². The molecule has 0 spiro atoms. The van der Waals surface area contributed by atoms with Crippen molar-refractivity contribution >= 4 is 59.4 Å². The number of ketones is 4. The molecule has 0 aliphatic rings. The lowest BCUT2D eigenvalue weighted by atomic mass is 9.57. The lowest BCUT2D eigenvalue weighted by molar-refractivity contribution is -0.261. The predicted octanol–water partition coefficient (Wildman–Crippen LogP) is 0.855. The van der Waals surface area contributed by atoms with Gasteiger partial charge in [-0.3, -0.25) is 19.2 Å². The molecule has 20 nitrogen and oxygen atoms in total. The highest BCUT2D eigenvalue weighted by atomic mass is 16.5. The van der Waals surface area contributed by atoms with Crippen molar-refractivity contribution in [3.05, 3.63) is 119 Å². The fraction of sp³-hybridized carbons (Fsp3) is 0.0952. The van der Waals surface area contributed by atoms with Gasteiger partial charge < -0.3 is 71.5 Å². The second-order valence-electron chi connectivity index (χ2n) is 13.2. The summed E-state index contributed by atoms with van der Waals surface area (Å²) < 4.78 is 0. The number of aliphatic hydroxyl groups is 4. The first kappa shape index (κ1) is 46.4. The van der Waals surface area contributed by atoms with E-state index in [1.807, 2.05) is 0 Å². The fourth-order valence-electron chi connectivity index (χ4n) is 5.86. The number of carbonyl (C=O) groups is 6. The highest BCUT2D eigenvalue weighted by Gasteiger charge is 2.83. The summed E-state index contributed by atoms with van der Waals surface area (Å²) >= 11 is 0. The number of hydrogen-bond acceptors (Lipinski definition) is 18. The summed E-state index contributed by atoms with van der Waals surface area (Å²) in [6.45, 7) is 0. The van der Waals surface area contributed by atoms with Gasteiger partial charge in [0, 0.05) is 0 Å². The molecule has 4 aromatic rings. The molecule has 62 heavy (non-hydrogen) atoms. The van der Waals surface area contributed by atoms with Gasteiger partial charge in [-0.25, -0.2) is 9.59 Å². The van der Waals surface area contributed by atoms with Gasteiger partial charge in [-0.05, 0) is 95.1 Å². The van der Waals surface area contributed by atoms with Crippen molar-refractivity contribution in [2.45, 2.75) is 22.4 Å². The lowest BCUT2D eigenvalue weighted by Gasteiger charge is -2.50. The highest BCUT2D eigenvalue weighted by molar-refractivity contribution is 6.27. The van der Waals surface area contributed by atoms with Crippen LogP contribution < -0.4 is 0 Å². The standard InChI is InChI=1S/C42H34O20/c43-25-9-1-21(17-29(25)47)5-13-33(51)39(59,37(55)56)41(61,35(53)15-7-23-3-11-27(45)31(49)19-23)42(62,36(54)16-8-24-4-12-28(46)32(50)20-24)40(60,38(57)58)34(52)14-6-22-2-10-26(44)30(48)18-22/h1-20,43-50,59-62H,(H,55,56)(H,57,58)/b13-5+,14-6+,15-7+,16-8+/t39?,40?,41-,42-/m1/s1. The highest BCUT2D eigenvalue weighted by Crippen LogP contribution is 2.45. The molecule has 4 atom stereocenters. The smallest absolute Gasteiger partial charge is 0.347 e. The number of carboxylic acids is 2. The number of benzene rings is 4. The van der Waals surface area contributed by atoms with Crippen molar-refractivity contribution in [1.29, 1.82) is 0 Å². The first-order valence-electron chi connectivity index (χ1n) is 17.2. The van der Waals surface area contributed by atoms with Crippen molar-refractivity contribution in [2.75, 3.05) is 0 Å². The molecule has 0 saturated heterocycles. The van der Waals surface area contributed by atoms with Crippen LogP contribution in [0.2, 0.25) is 0 Å². The van der Waals surface area contributed by atoms with E-state index in [1.54, 1.807) is 0 Å². The number of carboxylic acid groups (broad SMARTS) is 2. The zero-order valence-electron chi connectivity index (χ0n) is 31.3. The van der Waals surface area contributed by atoms with Gasteiger partial charge in [0.05, 0.1) is 0 Å². The van der Waals surface area contributed by atoms with Gasteiger partial charge in [0.25, 0.3) is 11.2 Å². The number of aliphatic carboxylic acids is 2. The Labute approximate surface area is 347 Å². The molecule has 20 heteroatoms. The van der Waals surface area contributed by atoms with Crippen LogP contribution in [0.3, 0.4) is 0 Å². The third-order valence-corrected chi connectivity index (χ3v) is 9.32. The van der Waals surface area contributed by atoms with Gasteiger partial charge in [-0.1, -0.05) is 48.6 Å². The summed E-state index contributed by atoms with van der Waals surface area (Å²) in [4.78, 5) is 83.3. The summed E-state index contributed by atoms with van der Waals surface area (Å²) in [5.74, 6) is -22.0. The minimum Gasteiger partial charge on any atom is -0.504 e. The molecule has 0 fully saturated rings. The zero-order valence-corrected chi connectivity index (χ0v) is 31.3. The third-order valence-electron chi connectivity index (χ3n) is 9.32. The molecule has 0 aliphatic carbocycles. The van der Waals surface area contributed by atoms with Crippen LogP contribution in [0.4, 0.5) is 0 Å². The Bertz CT molecular complexity index is 2440. The van der Waals surface area contributed by atoms with E-state index in [0.717, 1.165) is 72.8 Å². The van der Waals surface area contributed by atoms with E-state index in [-0.39, 0.29) is 46.6 Å². The average molecular weight is 859 g/mol. The SMILES string of the molecule is O=C(O)C(O)(C(=O)/C=C/c1ccc(O)c(O)c1)[C@](O)(C(=O)/C=C/c1ccc(O)c(O)c1)[C@@](O)(C(=O)/C=C/c1ccc(O)c(O)c1)C(O)(C(=O)O)C(=O)/C=C/c1ccc(O)c(O)c1. The van der Waals surface area contributed by atoms with Gasteiger partial charge in [-0.15, -0.1) is 0 Å². The van der Waals surface area contributed by atoms with E-state index < -0.39 is 103 Å². The third kappa shape index (κ3) is 8.28. The van der Waals surface area contributed by atoms with Crippen molar-refractivity contribution < 1.29 is 100 Å². The topological polar surface area (TPSA) is 386 Å². The first-order valence-corrected chi connectivity index (χ1v) is 17.2. The van der Waals surface area contributed by atoms with Crippen LogP contribution >= 0.6 is 0 Å². The van der Waals surface area contributed by atoms with Crippen LogP contribution in [0.1, 0.15) is 22.3 Å². The van der Waals surface area contributed by atoms with E-state index in [2.05, 4.69) is 0 Å². The van der Waals surface area contributed by atoms with E-state index >= 15 is 0 Å². The number of phenols is 8. The molecule has 4 aromatic carbocycles. The van der Waals surface area contributed by atoms with Crippen LogP contribution in [-0.2, 0) is 28.8 Å². The Morgan fingerprint density at radius 3 is 0.742 bits per heavy atom. The summed E-state index contributed by atoms with van der Waals surface area (Å²) in [5, 5.41) is 149. The van der Waals surface area contributed by atoms with E-state index in [1.165, 1.54) is 0 Å². The molecule has 0 bridgehead atoms. The Morgan fingerprint density at radius 1 is 0.339 bits per heavy atom. The summed E-state index contributed by atoms with van der Waals surface area (Å²) in [7, 11) is 0. The fourth-order valence-corrected chi connectivity index (χ4v) is 5.86. The second-order valence-corrected chi connectivity index (χ2v) is 13.2. The molecule has 0 heterocycles. The van der Waals surface area contributed by atoms with Gasteiger partial charge in [-0.2, -0.15) is 0 Å². The van der Waals surface area contributed by atoms with Crippen LogP contribution in [0, 0.1) is 0 Å². The Balaban J connectivity index is 2.15. The van der Waals surface area contributed by atoms with Crippen LogP contribution in [-0.4, -0.2) is 129 Å². The predicted molar refractivity (Wildman–Crippen MR) is 210 cm³/mol. The molecule has 14 N–H and O–H groups in total. The number of carbonyl (C=O) groups excluding carboxylic acids is 4. The Morgan fingerprint density at radius 2 is 0.548 bits per heavy atom. The molecular weight excluding hydrogens is 824 g/mol. The van der Waals surface area contributed by atoms with Gasteiger partial charge in [0.15, 0.2) is 57.6 Å². The Kier molecular flexibility index (Phi) is 13.1. The summed E-state index contributed by atoms with van der Waals surface area (Å²) in [6.07, 6.45) is 2.50.